The van der Waals surface area contributed by atoms with Crippen LogP contribution in [0.2, 0.25) is 5.02 Å². The largest absolute Gasteiger partial charge is 0.489 e. The van der Waals surface area contributed by atoms with Gasteiger partial charge in [-0.15, -0.1) is 0 Å². The molecule has 102 valence electrons. The predicted molar refractivity (Wildman–Crippen MR) is 82.1 cm³/mol. The van der Waals surface area contributed by atoms with E-state index in [0.29, 0.717) is 11.6 Å². The molecular weight excluding hydrogens is 295 g/mol. The third-order valence-corrected chi connectivity index (χ3v) is 2.98. The molecule has 0 bridgehead atoms. The van der Waals surface area contributed by atoms with Crippen molar-refractivity contribution in [1.29, 1.82) is 0 Å². The van der Waals surface area contributed by atoms with Crippen LogP contribution in [0, 0.1) is 0 Å². The van der Waals surface area contributed by atoms with Gasteiger partial charge >= 0.3 is 0 Å². The Morgan fingerprint density at radius 1 is 1.05 bits per heavy atom. The summed E-state index contributed by atoms with van der Waals surface area (Å²) >= 11 is 11.0. The molecule has 0 saturated carbocycles. The van der Waals surface area contributed by atoms with E-state index in [0.717, 1.165) is 16.9 Å². The first kappa shape index (κ1) is 14.6. The normalized spacial score (nSPS) is 10.7. The van der Waals surface area contributed by atoms with Gasteiger partial charge in [0.15, 0.2) is 0 Å². The Hall–Kier alpha value is -1.77. The van der Waals surface area contributed by atoms with Crippen molar-refractivity contribution in [1.82, 2.24) is 0 Å². The summed E-state index contributed by atoms with van der Waals surface area (Å²) in [7, 11) is 0. The molecule has 2 nitrogen and oxygen atoms in total. The number of carbonyl (C=O) groups is 1. The van der Waals surface area contributed by atoms with E-state index in [4.69, 9.17) is 27.9 Å². The Morgan fingerprint density at radius 2 is 1.70 bits per heavy atom. The number of ether oxygens (including phenoxy) is 1. The molecule has 0 aliphatic rings. The minimum atomic E-state index is -0.493. The van der Waals surface area contributed by atoms with Crippen LogP contribution in [0.15, 0.2) is 54.6 Å². The van der Waals surface area contributed by atoms with Crippen molar-refractivity contribution in [3.05, 3.63) is 70.8 Å². The highest BCUT2D eigenvalue weighted by molar-refractivity contribution is 6.66. The third-order valence-electron chi connectivity index (χ3n) is 2.61. The molecule has 2 aromatic carbocycles. The number of rotatable bonds is 5. The molecule has 0 radical (unpaired) electrons. The zero-order valence-electron chi connectivity index (χ0n) is 10.6. The summed E-state index contributed by atoms with van der Waals surface area (Å²) in [6, 6.07) is 14.9. The molecule has 0 aliphatic heterocycles. The maximum atomic E-state index is 10.6. The van der Waals surface area contributed by atoms with Crippen molar-refractivity contribution in [2.24, 2.45) is 0 Å². The lowest BCUT2D eigenvalue weighted by molar-refractivity contribution is -0.107. The fourth-order valence-electron chi connectivity index (χ4n) is 1.58. The van der Waals surface area contributed by atoms with Crippen LogP contribution in [0.5, 0.6) is 5.75 Å². The highest BCUT2D eigenvalue weighted by Crippen LogP contribution is 2.16. The number of hydrogen-bond donors (Lipinski definition) is 0. The first-order chi connectivity index (χ1) is 9.63. The van der Waals surface area contributed by atoms with Crippen LogP contribution < -0.4 is 4.74 Å². The van der Waals surface area contributed by atoms with E-state index >= 15 is 0 Å². The van der Waals surface area contributed by atoms with Crippen LogP contribution in [-0.4, -0.2) is 5.24 Å². The second-order valence-corrected chi connectivity index (χ2v) is 4.93. The van der Waals surface area contributed by atoms with E-state index in [1.54, 1.807) is 6.08 Å². The number of allylic oxidation sites excluding steroid dienone is 1. The zero-order valence-corrected chi connectivity index (χ0v) is 12.1. The maximum absolute atomic E-state index is 10.6. The van der Waals surface area contributed by atoms with Crippen LogP contribution in [0.4, 0.5) is 0 Å². The van der Waals surface area contributed by atoms with Gasteiger partial charge < -0.3 is 4.74 Å². The smallest absolute Gasteiger partial charge is 0.245 e. The highest BCUT2D eigenvalue weighted by atomic mass is 35.5. The average molecular weight is 307 g/mol. The van der Waals surface area contributed by atoms with Crippen LogP contribution in [-0.2, 0) is 11.4 Å². The molecule has 0 spiro atoms. The molecule has 0 saturated heterocycles. The standard InChI is InChI=1S/C16H12Cl2O2/c17-14-6-1-13(2-7-14)11-20-15-8-3-12(4-9-15)5-10-16(18)19/h1-10H,11H2/b10-5+. The first-order valence-electron chi connectivity index (χ1n) is 5.98. The van der Waals surface area contributed by atoms with Gasteiger partial charge in [0.25, 0.3) is 0 Å². The van der Waals surface area contributed by atoms with Gasteiger partial charge in [-0.3, -0.25) is 4.79 Å². The fraction of sp³-hybridized carbons (Fsp3) is 0.0625. The van der Waals surface area contributed by atoms with E-state index in [2.05, 4.69) is 0 Å². The molecule has 0 N–H and O–H groups in total. The van der Waals surface area contributed by atoms with Gasteiger partial charge in [0.2, 0.25) is 5.24 Å². The van der Waals surface area contributed by atoms with E-state index in [1.807, 2.05) is 48.5 Å². The molecule has 0 unspecified atom stereocenters. The molecule has 0 heterocycles. The Balaban J connectivity index is 1.93. The SMILES string of the molecule is O=C(Cl)/C=C/c1ccc(OCc2ccc(Cl)cc2)cc1. The average Bonchev–Trinajstić information content (AvgIpc) is 2.45. The summed E-state index contributed by atoms with van der Waals surface area (Å²) in [5.74, 6) is 0.759. The molecule has 2 rings (SSSR count). The van der Waals surface area contributed by atoms with E-state index < -0.39 is 5.24 Å². The van der Waals surface area contributed by atoms with Gasteiger partial charge in [-0.2, -0.15) is 0 Å². The highest BCUT2D eigenvalue weighted by Gasteiger charge is 1.97. The minimum absolute atomic E-state index is 0.479. The van der Waals surface area contributed by atoms with Crippen LogP contribution in [0.1, 0.15) is 11.1 Å². The summed E-state index contributed by atoms with van der Waals surface area (Å²) in [5, 5.41) is 0.215. The summed E-state index contributed by atoms with van der Waals surface area (Å²) in [6.07, 6.45) is 2.96. The summed E-state index contributed by atoms with van der Waals surface area (Å²) in [6.45, 7) is 0.479. The topological polar surface area (TPSA) is 26.3 Å². The summed E-state index contributed by atoms with van der Waals surface area (Å²) in [4.78, 5) is 10.6. The van der Waals surface area contributed by atoms with Gasteiger partial charge in [0.1, 0.15) is 12.4 Å². The summed E-state index contributed by atoms with van der Waals surface area (Å²) in [5.41, 5.74) is 1.93. The minimum Gasteiger partial charge on any atom is -0.489 e. The van der Waals surface area contributed by atoms with E-state index in [-0.39, 0.29) is 0 Å². The maximum Gasteiger partial charge on any atom is 0.245 e. The van der Waals surface area contributed by atoms with E-state index in [1.165, 1.54) is 6.08 Å². The van der Waals surface area contributed by atoms with E-state index in [9.17, 15) is 4.79 Å². The Kier molecular flexibility index (Phi) is 5.22. The predicted octanol–water partition coefficient (Wildman–Crippen LogP) is 4.70. The lowest BCUT2D eigenvalue weighted by Gasteiger charge is -2.06. The lowest BCUT2D eigenvalue weighted by atomic mass is 10.2. The molecule has 0 fully saturated rings. The molecule has 2 aromatic rings. The summed E-state index contributed by atoms with van der Waals surface area (Å²) < 4.78 is 5.65. The molecule has 4 heteroatoms. The number of carbonyl (C=O) groups excluding carboxylic acids is 1. The third kappa shape index (κ3) is 4.72. The number of halogens is 2. The fourth-order valence-corrected chi connectivity index (χ4v) is 1.77. The van der Waals surface area contributed by atoms with Gasteiger partial charge in [0, 0.05) is 5.02 Å². The monoisotopic (exact) mass is 306 g/mol. The molecular formula is C16H12Cl2O2. The second-order valence-electron chi connectivity index (χ2n) is 4.12. The molecule has 0 amide bonds. The Morgan fingerprint density at radius 3 is 2.30 bits per heavy atom. The van der Waals surface area contributed by atoms with Crippen LogP contribution >= 0.6 is 23.2 Å². The van der Waals surface area contributed by atoms with Gasteiger partial charge in [-0.05, 0) is 53.1 Å². The van der Waals surface area contributed by atoms with Crippen molar-refractivity contribution in [2.75, 3.05) is 0 Å². The van der Waals surface area contributed by atoms with Crippen molar-refractivity contribution in [3.8, 4) is 5.75 Å². The van der Waals surface area contributed by atoms with Crippen LogP contribution in [0.25, 0.3) is 6.08 Å². The number of benzene rings is 2. The number of hydrogen-bond acceptors (Lipinski definition) is 2. The van der Waals surface area contributed by atoms with Gasteiger partial charge in [0.05, 0.1) is 0 Å². The molecule has 0 aliphatic carbocycles. The van der Waals surface area contributed by atoms with Gasteiger partial charge in [-0.25, -0.2) is 0 Å². The van der Waals surface area contributed by atoms with Crippen molar-refractivity contribution >= 4 is 34.5 Å². The molecule has 0 atom stereocenters. The van der Waals surface area contributed by atoms with Crippen molar-refractivity contribution in [3.63, 3.8) is 0 Å². The first-order valence-corrected chi connectivity index (χ1v) is 6.74. The Bertz CT molecular complexity index is 601. The van der Waals surface area contributed by atoms with Gasteiger partial charge in [-0.1, -0.05) is 41.9 Å². The van der Waals surface area contributed by atoms with Crippen molar-refractivity contribution in [2.45, 2.75) is 6.61 Å². The quantitative estimate of drug-likeness (QED) is 0.591. The van der Waals surface area contributed by atoms with Crippen molar-refractivity contribution < 1.29 is 9.53 Å². The Labute approximate surface area is 127 Å². The van der Waals surface area contributed by atoms with Crippen LogP contribution in [0.3, 0.4) is 0 Å². The zero-order chi connectivity index (χ0) is 14.4. The molecule has 20 heavy (non-hydrogen) atoms. The molecule has 0 aromatic heterocycles. The lowest BCUT2D eigenvalue weighted by Crippen LogP contribution is -1.94. The second kappa shape index (κ2) is 7.13.